The zero-order valence-electron chi connectivity index (χ0n) is 12.7. The molecule has 3 heterocycles. The molecular weight excluding hydrogens is 324 g/mol. The molecule has 2 aliphatic rings. The van der Waals surface area contributed by atoms with Crippen molar-refractivity contribution in [2.45, 2.75) is 19.1 Å². The summed E-state index contributed by atoms with van der Waals surface area (Å²) in [6.07, 6.45) is 1.59. The summed E-state index contributed by atoms with van der Waals surface area (Å²) in [4.78, 5) is 15.3. The Labute approximate surface area is 134 Å². The van der Waals surface area contributed by atoms with Crippen molar-refractivity contribution in [3.8, 4) is 0 Å². The Kier molecular flexibility index (Phi) is 4.67. The molecule has 1 saturated heterocycles. The molecule has 0 spiro atoms. The number of nitrogens with two attached hydrogens (primary N) is 1. The molecule has 1 aromatic rings. The molecule has 128 valence electrons. The number of fused-ring (bicyclic) bond motifs is 1. The minimum absolute atomic E-state index is 0.0815. The largest absolute Gasteiger partial charge is 0.376 e. The normalized spacial score (nSPS) is 23.2. The summed E-state index contributed by atoms with van der Waals surface area (Å²) in [7, 11) is -3.43. The average Bonchev–Trinajstić information content (AvgIpc) is 2.81. The minimum atomic E-state index is -3.43. The van der Waals surface area contributed by atoms with Gasteiger partial charge in [0.1, 0.15) is 11.5 Å². The maximum absolute atomic E-state index is 12.5. The predicted molar refractivity (Wildman–Crippen MR) is 80.4 cm³/mol. The smallest absolute Gasteiger partial charge is 0.268 e. The number of amides is 1. The second kappa shape index (κ2) is 6.56. The number of carbonyl (C=O) groups is 1. The van der Waals surface area contributed by atoms with E-state index in [-0.39, 0.29) is 11.4 Å². The highest BCUT2D eigenvalue weighted by Gasteiger charge is 2.30. The molecule has 1 atom stereocenters. The number of aromatic nitrogens is 2. The Balaban J connectivity index is 1.66. The van der Waals surface area contributed by atoms with Crippen LogP contribution < -0.4 is 5.73 Å². The van der Waals surface area contributed by atoms with E-state index in [1.165, 1.54) is 4.31 Å². The molecule has 9 nitrogen and oxygen atoms in total. The fourth-order valence-corrected chi connectivity index (χ4v) is 4.38. The molecule has 1 unspecified atom stereocenters. The zero-order chi connectivity index (χ0) is 16.4. The Hall–Kier alpha value is -1.49. The van der Waals surface area contributed by atoms with E-state index in [1.807, 2.05) is 0 Å². The van der Waals surface area contributed by atoms with E-state index >= 15 is 0 Å². The summed E-state index contributed by atoms with van der Waals surface area (Å²) in [6, 6.07) is 0. The molecule has 0 saturated carbocycles. The van der Waals surface area contributed by atoms with Crippen molar-refractivity contribution in [2.75, 3.05) is 38.7 Å². The third-order valence-electron chi connectivity index (χ3n) is 3.96. The number of ether oxygens (including phenoxy) is 2. The molecule has 10 heteroatoms. The van der Waals surface area contributed by atoms with Gasteiger partial charge >= 0.3 is 0 Å². The van der Waals surface area contributed by atoms with Crippen molar-refractivity contribution >= 4 is 15.9 Å². The van der Waals surface area contributed by atoms with Crippen LogP contribution in [0.3, 0.4) is 0 Å². The monoisotopic (exact) mass is 344 g/mol. The van der Waals surface area contributed by atoms with Crippen molar-refractivity contribution in [3.63, 3.8) is 0 Å². The van der Waals surface area contributed by atoms with Gasteiger partial charge in [-0.25, -0.2) is 13.4 Å². The average molecular weight is 344 g/mol. The highest BCUT2D eigenvalue weighted by atomic mass is 32.2. The molecule has 1 aromatic heterocycles. The van der Waals surface area contributed by atoms with Crippen LogP contribution in [0.1, 0.15) is 16.3 Å². The summed E-state index contributed by atoms with van der Waals surface area (Å²) < 4.78 is 39.0. The predicted octanol–water partition coefficient (Wildman–Crippen LogP) is -1.41. The van der Waals surface area contributed by atoms with Crippen LogP contribution in [0.25, 0.3) is 0 Å². The van der Waals surface area contributed by atoms with Gasteiger partial charge in [-0.2, -0.15) is 4.31 Å². The fourth-order valence-electron chi connectivity index (χ4n) is 2.77. The van der Waals surface area contributed by atoms with Crippen LogP contribution in [0.4, 0.5) is 0 Å². The lowest BCUT2D eigenvalue weighted by Gasteiger charge is -2.26. The number of sulfonamides is 1. The highest BCUT2D eigenvalue weighted by molar-refractivity contribution is 7.89. The van der Waals surface area contributed by atoms with Crippen LogP contribution in [-0.2, 0) is 32.5 Å². The SMILES string of the molecule is NC(=O)c1cn2c(n1)CCN(S(=O)(=O)CC1COCCO1)CC2. The Morgan fingerprint density at radius 2 is 2.17 bits per heavy atom. The molecule has 1 fully saturated rings. The maximum atomic E-state index is 12.5. The summed E-state index contributed by atoms with van der Waals surface area (Å²) in [5.74, 6) is 0.0141. The number of carbonyl (C=O) groups excluding carboxylic acids is 1. The molecule has 3 rings (SSSR count). The molecule has 0 aliphatic carbocycles. The van der Waals surface area contributed by atoms with Gasteiger partial charge in [0.05, 0.1) is 31.7 Å². The second-order valence-electron chi connectivity index (χ2n) is 5.60. The van der Waals surface area contributed by atoms with Crippen LogP contribution in [0.15, 0.2) is 6.20 Å². The molecule has 0 radical (unpaired) electrons. The zero-order valence-corrected chi connectivity index (χ0v) is 13.5. The van der Waals surface area contributed by atoms with Crippen molar-refractivity contribution in [1.29, 1.82) is 0 Å². The first-order valence-corrected chi connectivity index (χ1v) is 9.09. The molecule has 23 heavy (non-hydrogen) atoms. The quantitative estimate of drug-likeness (QED) is 0.717. The number of hydrogen-bond acceptors (Lipinski definition) is 6. The lowest BCUT2D eigenvalue weighted by molar-refractivity contribution is -0.0785. The van der Waals surface area contributed by atoms with Crippen molar-refractivity contribution in [2.24, 2.45) is 5.73 Å². The number of imidazole rings is 1. The fraction of sp³-hybridized carbons (Fsp3) is 0.692. The Bertz CT molecular complexity index is 655. The number of primary amides is 1. The Morgan fingerprint density at radius 1 is 1.35 bits per heavy atom. The van der Waals surface area contributed by atoms with Gasteiger partial charge in [-0.05, 0) is 0 Å². The van der Waals surface area contributed by atoms with Crippen LogP contribution in [0, 0.1) is 0 Å². The first-order chi connectivity index (χ1) is 11.0. The lowest BCUT2D eigenvalue weighted by atomic mass is 10.4. The van der Waals surface area contributed by atoms with Gasteiger partial charge < -0.3 is 19.8 Å². The van der Waals surface area contributed by atoms with E-state index in [2.05, 4.69) is 4.98 Å². The van der Waals surface area contributed by atoms with Gasteiger partial charge in [-0.3, -0.25) is 4.79 Å². The third-order valence-corrected chi connectivity index (χ3v) is 5.91. The standard InChI is InChI=1S/C13H20N4O5S/c14-13(18)11-7-16-3-4-17(2-1-12(16)15-11)23(19,20)9-10-8-21-5-6-22-10/h7,10H,1-6,8-9H2,(H2,14,18). The van der Waals surface area contributed by atoms with Gasteiger partial charge in [-0.1, -0.05) is 0 Å². The van der Waals surface area contributed by atoms with E-state index in [0.717, 1.165) is 0 Å². The number of rotatable bonds is 4. The highest BCUT2D eigenvalue weighted by Crippen LogP contribution is 2.15. The maximum Gasteiger partial charge on any atom is 0.268 e. The molecule has 2 N–H and O–H groups in total. The Morgan fingerprint density at radius 3 is 2.87 bits per heavy atom. The van der Waals surface area contributed by atoms with Gasteiger partial charge in [0.25, 0.3) is 5.91 Å². The summed E-state index contributed by atoms with van der Waals surface area (Å²) in [5.41, 5.74) is 5.43. The number of nitrogens with zero attached hydrogens (tertiary/aromatic N) is 3. The third kappa shape index (κ3) is 3.71. The van der Waals surface area contributed by atoms with Crippen LogP contribution in [-0.4, -0.2) is 72.9 Å². The lowest BCUT2D eigenvalue weighted by Crippen LogP contribution is -2.42. The van der Waals surface area contributed by atoms with Crippen LogP contribution in [0.2, 0.25) is 0 Å². The van der Waals surface area contributed by atoms with E-state index in [0.29, 0.717) is 51.7 Å². The topological polar surface area (TPSA) is 117 Å². The van der Waals surface area contributed by atoms with Crippen molar-refractivity contribution in [1.82, 2.24) is 13.9 Å². The van der Waals surface area contributed by atoms with E-state index < -0.39 is 22.0 Å². The number of hydrogen-bond donors (Lipinski definition) is 1. The summed E-state index contributed by atoms with van der Waals surface area (Å²) in [5, 5.41) is 0. The molecule has 0 aromatic carbocycles. The first-order valence-electron chi connectivity index (χ1n) is 7.49. The minimum Gasteiger partial charge on any atom is -0.376 e. The van der Waals surface area contributed by atoms with E-state index in [9.17, 15) is 13.2 Å². The van der Waals surface area contributed by atoms with Crippen LogP contribution >= 0.6 is 0 Å². The summed E-state index contributed by atoms with van der Waals surface area (Å²) in [6.45, 7) is 2.32. The van der Waals surface area contributed by atoms with Gasteiger partial charge in [0.2, 0.25) is 10.0 Å². The molecule has 1 amide bonds. The summed E-state index contributed by atoms with van der Waals surface area (Å²) >= 11 is 0. The van der Waals surface area contributed by atoms with Gasteiger partial charge in [0.15, 0.2) is 0 Å². The van der Waals surface area contributed by atoms with E-state index in [1.54, 1.807) is 10.8 Å². The van der Waals surface area contributed by atoms with Crippen molar-refractivity contribution < 1.29 is 22.7 Å². The van der Waals surface area contributed by atoms with Crippen LogP contribution in [0.5, 0.6) is 0 Å². The first kappa shape index (κ1) is 16.4. The van der Waals surface area contributed by atoms with Gasteiger partial charge in [-0.15, -0.1) is 0 Å². The molecular formula is C13H20N4O5S. The molecule has 0 bridgehead atoms. The van der Waals surface area contributed by atoms with E-state index in [4.69, 9.17) is 15.2 Å². The van der Waals surface area contributed by atoms with Crippen molar-refractivity contribution in [3.05, 3.63) is 17.7 Å². The van der Waals surface area contributed by atoms with Gasteiger partial charge in [0, 0.05) is 32.3 Å². The molecule has 2 aliphatic heterocycles. The second-order valence-corrected chi connectivity index (χ2v) is 7.61.